The number of carbonyl (C=O) groups is 1. The highest BCUT2D eigenvalue weighted by Gasteiger charge is 2.04. The van der Waals surface area contributed by atoms with E-state index in [2.05, 4.69) is 10.2 Å². The number of ether oxygens (including phenoxy) is 1. The average molecular weight is 230 g/mol. The SMILES string of the molecule is NC(=O)c1ccc(Oc2cccc(N)c2)nn1. The Hall–Kier alpha value is -2.63. The lowest BCUT2D eigenvalue weighted by Gasteiger charge is -2.04. The van der Waals surface area contributed by atoms with Crippen LogP contribution in [0.1, 0.15) is 10.5 Å². The molecule has 2 aromatic rings. The Morgan fingerprint density at radius 2 is 2.00 bits per heavy atom. The fourth-order valence-corrected chi connectivity index (χ4v) is 1.20. The molecule has 0 radical (unpaired) electrons. The summed E-state index contributed by atoms with van der Waals surface area (Å²) in [6.07, 6.45) is 0. The summed E-state index contributed by atoms with van der Waals surface area (Å²) >= 11 is 0. The van der Waals surface area contributed by atoms with Gasteiger partial charge in [0, 0.05) is 17.8 Å². The third-order valence-corrected chi connectivity index (χ3v) is 1.97. The molecule has 0 unspecified atom stereocenters. The van der Waals surface area contributed by atoms with Crippen molar-refractivity contribution in [2.45, 2.75) is 0 Å². The molecule has 1 aromatic carbocycles. The summed E-state index contributed by atoms with van der Waals surface area (Å²) < 4.78 is 5.39. The van der Waals surface area contributed by atoms with Gasteiger partial charge in [0.15, 0.2) is 5.69 Å². The van der Waals surface area contributed by atoms with Gasteiger partial charge in [0.05, 0.1) is 0 Å². The van der Waals surface area contributed by atoms with Gasteiger partial charge in [-0.25, -0.2) is 0 Å². The first-order valence-electron chi connectivity index (χ1n) is 4.82. The van der Waals surface area contributed by atoms with Crippen molar-refractivity contribution >= 4 is 11.6 Å². The van der Waals surface area contributed by atoms with Gasteiger partial charge in [-0.15, -0.1) is 10.2 Å². The Balaban J connectivity index is 2.16. The van der Waals surface area contributed by atoms with Crippen LogP contribution in [0.3, 0.4) is 0 Å². The number of nitrogen functional groups attached to an aromatic ring is 1. The van der Waals surface area contributed by atoms with Crippen LogP contribution in [0.25, 0.3) is 0 Å². The predicted molar refractivity (Wildman–Crippen MR) is 61.5 cm³/mol. The van der Waals surface area contributed by atoms with Crippen molar-refractivity contribution in [2.75, 3.05) is 5.73 Å². The molecule has 0 aliphatic rings. The number of nitrogens with two attached hydrogens (primary N) is 2. The van der Waals surface area contributed by atoms with E-state index in [4.69, 9.17) is 16.2 Å². The van der Waals surface area contributed by atoms with Crippen molar-refractivity contribution in [3.63, 3.8) is 0 Å². The minimum atomic E-state index is -0.631. The minimum Gasteiger partial charge on any atom is -0.437 e. The van der Waals surface area contributed by atoms with E-state index in [1.807, 2.05) is 0 Å². The lowest BCUT2D eigenvalue weighted by atomic mass is 10.3. The molecule has 0 bridgehead atoms. The first kappa shape index (κ1) is 10.9. The molecule has 0 aliphatic carbocycles. The zero-order valence-corrected chi connectivity index (χ0v) is 8.83. The first-order chi connectivity index (χ1) is 8.15. The molecule has 0 atom stereocenters. The summed E-state index contributed by atoms with van der Waals surface area (Å²) in [5, 5.41) is 7.33. The van der Waals surface area contributed by atoms with Gasteiger partial charge in [-0.3, -0.25) is 4.79 Å². The lowest BCUT2D eigenvalue weighted by molar-refractivity contribution is 0.0994. The van der Waals surface area contributed by atoms with Crippen molar-refractivity contribution in [3.05, 3.63) is 42.1 Å². The van der Waals surface area contributed by atoms with Crippen molar-refractivity contribution in [1.29, 1.82) is 0 Å². The summed E-state index contributed by atoms with van der Waals surface area (Å²) in [6.45, 7) is 0. The number of benzene rings is 1. The van der Waals surface area contributed by atoms with Gasteiger partial charge in [0.25, 0.3) is 5.91 Å². The van der Waals surface area contributed by atoms with E-state index >= 15 is 0 Å². The summed E-state index contributed by atoms with van der Waals surface area (Å²) in [5.41, 5.74) is 11.3. The largest absolute Gasteiger partial charge is 0.437 e. The Morgan fingerprint density at radius 3 is 2.59 bits per heavy atom. The second kappa shape index (κ2) is 4.48. The van der Waals surface area contributed by atoms with Gasteiger partial charge in [-0.2, -0.15) is 0 Å². The second-order valence-corrected chi connectivity index (χ2v) is 3.30. The van der Waals surface area contributed by atoms with Crippen LogP contribution in [0.4, 0.5) is 5.69 Å². The molecule has 86 valence electrons. The first-order valence-corrected chi connectivity index (χ1v) is 4.82. The average Bonchev–Trinajstić information content (AvgIpc) is 2.29. The van der Waals surface area contributed by atoms with E-state index in [0.29, 0.717) is 11.4 Å². The Morgan fingerprint density at radius 1 is 1.18 bits per heavy atom. The van der Waals surface area contributed by atoms with Crippen LogP contribution >= 0.6 is 0 Å². The smallest absolute Gasteiger partial charge is 0.269 e. The molecule has 0 saturated heterocycles. The molecule has 2 rings (SSSR count). The minimum absolute atomic E-state index is 0.0879. The molecule has 1 amide bonds. The fourth-order valence-electron chi connectivity index (χ4n) is 1.20. The highest BCUT2D eigenvalue weighted by molar-refractivity contribution is 5.90. The molecule has 0 spiro atoms. The van der Waals surface area contributed by atoms with Gasteiger partial charge in [0.1, 0.15) is 5.75 Å². The Kier molecular flexibility index (Phi) is 2.87. The zero-order valence-electron chi connectivity index (χ0n) is 8.83. The lowest BCUT2D eigenvalue weighted by Crippen LogP contribution is -2.13. The maximum absolute atomic E-state index is 10.8. The van der Waals surface area contributed by atoms with E-state index < -0.39 is 5.91 Å². The Bertz CT molecular complexity index is 539. The maximum atomic E-state index is 10.8. The van der Waals surface area contributed by atoms with Crippen LogP contribution in [0.15, 0.2) is 36.4 Å². The van der Waals surface area contributed by atoms with Gasteiger partial charge >= 0.3 is 0 Å². The van der Waals surface area contributed by atoms with E-state index in [9.17, 15) is 4.79 Å². The number of hydrogen-bond donors (Lipinski definition) is 2. The molecular formula is C11H10N4O2. The van der Waals surface area contributed by atoms with Gasteiger partial charge in [-0.05, 0) is 18.2 Å². The normalized spacial score (nSPS) is 9.88. The van der Waals surface area contributed by atoms with Crippen LogP contribution in [0, 0.1) is 0 Å². The van der Waals surface area contributed by atoms with Gasteiger partial charge < -0.3 is 16.2 Å². The standard InChI is InChI=1S/C11H10N4O2/c12-7-2-1-3-8(6-7)17-10-5-4-9(11(13)16)14-15-10/h1-6H,12H2,(H2,13,16). The molecule has 0 aliphatic heterocycles. The third-order valence-electron chi connectivity index (χ3n) is 1.97. The van der Waals surface area contributed by atoms with Crippen molar-refractivity contribution in [1.82, 2.24) is 10.2 Å². The zero-order chi connectivity index (χ0) is 12.3. The van der Waals surface area contributed by atoms with Crippen molar-refractivity contribution in [3.8, 4) is 11.6 Å². The van der Waals surface area contributed by atoms with E-state index in [1.165, 1.54) is 12.1 Å². The van der Waals surface area contributed by atoms with Gasteiger partial charge in [-0.1, -0.05) is 6.07 Å². The van der Waals surface area contributed by atoms with Crippen LogP contribution in [0.2, 0.25) is 0 Å². The van der Waals surface area contributed by atoms with Crippen molar-refractivity contribution in [2.24, 2.45) is 5.73 Å². The molecule has 17 heavy (non-hydrogen) atoms. The summed E-state index contributed by atoms with van der Waals surface area (Å²) in [4.78, 5) is 10.8. The quantitative estimate of drug-likeness (QED) is 0.764. The summed E-state index contributed by atoms with van der Waals surface area (Å²) in [5.74, 6) is 0.180. The molecule has 1 heterocycles. The van der Waals surface area contributed by atoms with Crippen LogP contribution in [0.5, 0.6) is 11.6 Å². The number of primary amides is 1. The predicted octanol–water partition coefficient (Wildman–Crippen LogP) is 0.950. The van der Waals surface area contributed by atoms with Crippen LogP contribution in [-0.4, -0.2) is 16.1 Å². The number of amides is 1. The number of rotatable bonds is 3. The topological polar surface area (TPSA) is 104 Å². The second-order valence-electron chi connectivity index (χ2n) is 3.30. The molecule has 0 saturated carbocycles. The summed E-state index contributed by atoms with van der Waals surface area (Å²) in [7, 11) is 0. The molecular weight excluding hydrogens is 220 g/mol. The van der Waals surface area contributed by atoms with Gasteiger partial charge in [0.2, 0.25) is 5.88 Å². The molecule has 1 aromatic heterocycles. The number of hydrogen-bond acceptors (Lipinski definition) is 5. The fraction of sp³-hybridized carbons (Fsp3) is 0. The maximum Gasteiger partial charge on any atom is 0.269 e. The number of aromatic nitrogens is 2. The van der Waals surface area contributed by atoms with E-state index in [1.54, 1.807) is 24.3 Å². The van der Waals surface area contributed by atoms with Crippen molar-refractivity contribution < 1.29 is 9.53 Å². The van der Waals surface area contributed by atoms with E-state index in [-0.39, 0.29) is 11.6 Å². The number of anilines is 1. The number of carbonyl (C=O) groups excluding carboxylic acids is 1. The monoisotopic (exact) mass is 230 g/mol. The van der Waals surface area contributed by atoms with Crippen LogP contribution in [-0.2, 0) is 0 Å². The van der Waals surface area contributed by atoms with Crippen LogP contribution < -0.4 is 16.2 Å². The molecule has 6 nitrogen and oxygen atoms in total. The highest BCUT2D eigenvalue weighted by Crippen LogP contribution is 2.20. The Labute approximate surface area is 97.2 Å². The number of nitrogens with zero attached hydrogens (tertiary/aromatic N) is 2. The molecule has 4 N–H and O–H groups in total. The molecule has 0 fully saturated rings. The summed E-state index contributed by atoms with van der Waals surface area (Å²) in [6, 6.07) is 9.85. The molecule has 6 heteroatoms. The van der Waals surface area contributed by atoms with E-state index in [0.717, 1.165) is 0 Å². The highest BCUT2D eigenvalue weighted by atomic mass is 16.5. The third kappa shape index (κ3) is 2.69.